The lowest BCUT2D eigenvalue weighted by Crippen LogP contribution is -2.26. The number of hydrogen-bond donors (Lipinski definition) is 1. The summed E-state index contributed by atoms with van der Waals surface area (Å²) >= 11 is 0. The summed E-state index contributed by atoms with van der Waals surface area (Å²) in [4.78, 5) is 10.1. The van der Waals surface area contributed by atoms with E-state index in [4.69, 9.17) is 5.11 Å². The van der Waals surface area contributed by atoms with Gasteiger partial charge in [0, 0.05) is 6.26 Å². The van der Waals surface area contributed by atoms with E-state index < -0.39 is 21.1 Å². The molecule has 0 aliphatic carbocycles. The molecule has 0 bridgehead atoms. The van der Waals surface area contributed by atoms with E-state index in [-0.39, 0.29) is 0 Å². The smallest absolute Gasteiger partial charge is 0.325 e. The molecular formula is C5H8O4S. The standard InChI is InChI=1S/C5H8O4S/c1-3-4(5(6)7)10(2,8)9/h3-4H,1H2,2H3,(H,6,7). The number of hydrogen-bond acceptors (Lipinski definition) is 3. The van der Waals surface area contributed by atoms with Crippen molar-refractivity contribution in [1.82, 2.24) is 0 Å². The maximum Gasteiger partial charge on any atom is 0.325 e. The normalized spacial score (nSPS) is 14.1. The molecular weight excluding hydrogens is 156 g/mol. The fourth-order valence-electron chi connectivity index (χ4n) is 0.459. The van der Waals surface area contributed by atoms with Crippen LogP contribution in [0.2, 0.25) is 0 Å². The zero-order valence-electron chi connectivity index (χ0n) is 5.44. The largest absolute Gasteiger partial charge is 0.480 e. The number of aliphatic carboxylic acids is 1. The quantitative estimate of drug-likeness (QED) is 0.580. The van der Waals surface area contributed by atoms with Crippen LogP contribution in [0, 0.1) is 0 Å². The Kier molecular flexibility index (Phi) is 2.59. The fourth-order valence-corrected chi connectivity index (χ4v) is 1.17. The zero-order valence-corrected chi connectivity index (χ0v) is 6.26. The number of sulfone groups is 1. The van der Waals surface area contributed by atoms with Crippen LogP contribution in [0.5, 0.6) is 0 Å². The maximum absolute atomic E-state index is 10.6. The van der Waals surface area contributed by atoms with Crippen LogP contribution in [-0.4, -0.2) is 31.0 Å². The van der Waals surface area contributed by atoms with Crippen molar-refractivity contribution in [2.75, 3.05) is 6.26 Å². The summed E-state index contributed by atoms with van der Waals surface area (Å²) in [5.74, 6) is -1.39. The second kappa shape index (κ2) is 2.83. The molecule has 1 unspecified atom stereocenters. The molecule has 0 spiro atoms. The summed E-state index contributed by atoms with van der Waals surface area (Å²) in [6, 6.07) is 0. The Bertz CT molecular complexity index is 238. The summed E-state index contributed by atoms with van der Waals surface area (Å²) < 4.78 is 21.1. The van der Waals surface area contributed by atoms with Crippen LogP contribution in [0.3, 0.4) is 0 Å². The average Bonchev–Trinajstić information content (AvgIpc) is 1.60. The molecule has 0 radical (unpaired) electrons. The summed E-state index contributed by atoms with van der Waals surface area (Å²) in [6.07, 6.45) is 1.74. The Balaban J connectivity index is 4.72. The third kappa shape index (κ3) is 2.18. The SMILES string of the molecule is C=CC(C(=O)O)S(C)(=O)=O. The fraction of sp³-hybridized carbons (Fsp3) is 0.400. The number of rotatable bonds is 3. The van der Waals surface area contributed by atoms with Crippen molar-refractivity contribution in [1.29, 1.82) is 0 Å². The molecule has 0 aliphatic heterocycles. The van der Waals surface area contributed by atoms with E-state index in [1.807, 2.05) is 0 Å². The Hall–Kier alpha value is -0.840. The molecule has 4 nitrogen and oxygen atoms in total. The van der Waals surface area contributed by atoms with Gasteiger partial charge in [-0.25, -0.2) is 8.42 Å². The van der Waals surface area contributed by atoms with E-state index in [0.29, 0.717) is 0 Å². The number of carboxylic acids is 1. The lowest BCUT2D eigenvalue weighted by Gasteiger charge is -2.01. The lowest BCUT2D eigenvalue weighted by molar-refractivity contribution is -0.135. The van der Waals surface area contributed by atoms with Crippen molar-refractivity contribution in [2.45, 2.75) is 5.25 Å². The third-order valence-electron chi connectivity index (χ3n) is 0.919. The van der Waals surface area contributed by atoms with Gasteiger partial charge in [-0.3, -0.25) is 4.79 Å². The molecule has 0 heterocycles. The predicted molar refractivity (Wildman–Crippen MR) is 36.5 cm³/mol. The van der Waals surface area contributed by atoms with Crippen LogP contribution in [0.15, 0.2) is 12.7 Å². The van der Waals surface area contributed by atoms with Gasteiger partial charge >= 0.3 is 5.97 Å². The summed E-state index contributed by atoms with van der Waals surface area (Å²) in [7, 11) is -3.53. The van der Waals surface area contributed by atoms with Crippen LogP contribution in [0.25, 0.3) is 0 Å². The molecule has 58 valence electrons. The summed E-state index contributed by atoms with van der Waals surface area (Å²) in [5.41, 5.74) is 0. The van der Waals surface area contributed by atoms with Gasteiger partial charge in [-0.05, 0) is 0 Å². The first-order chi connectivity index (χ1) is 4.39. The minimum Gasteiger partial charge on any atom is -0.480 e. The molecule has 0 aromatic rings. The van der Waals surface area contributed by atoms with Crippen LogP contribution in [0.4, 0.5) is 0 Å². The van der Waals surface area contributed by atoms with E-state index in [2.05, 4.69) is 6.58 Å². The van der Waals surface area contributed by atoms with Crippen LogP contribution >= 0.6 is 0 Å². The molecule has 0 amide bonds. The Labute approximate surface area is 59.1 Å². The Morgan fingerprint density at radius 1 is 1.70 bits per heavy atom. The van der Waals surface area contributed by atoms with Gasteiger partial charge in [0.1, 0.15) is 0 Å². The minimum atomic E-state index is -3.53. The Morgan fingerprint density at radius 3 is 2.10 bits per heavy atom. The molecule has 0 saturated heterocycles. The second-order valence-electron chi connectivity index (χ2n) is 1.82. The van der Waals surface area contributed by atoms with Gasteiger partial charge in [-0.2, -0.15) is 0 Å². The minimum absolute atomic E-state index is 0.855. The van der Waals surface area contributed by atoms with Gasteiger partial charge in [0.05, 0.1) is 0 Å². The van der Waals surface area contributed by atoms with Crippen LogP contribution in [0.1, 0.15) is 0 Å². The highest BCUT2D eigenvalue weighted by molar-refractivity contribution is 7.92. The molecule has 0 saturated carbocycles. The topological polar surface area (TPSA) is 71.4 Å². The second-order valence-corrected chi connectivity index (χ2v) is 3.99. The summed E-state index contributed by atoms with van der Waals surface area (Å²) in [5, 5.41) is 6.78. The van der Waals surface area contributed by atoms with Crippen molar-refractivity contribution in [3.63, 3.8) is 0 Å². The first-order valence-corrected chi connectivity index (χ1v) is 4.39. The molecule has 1 N–H and O–H groups in total. The van der Waals surface area contributed by atoms with E-state index in [9.17, 15) is 13.2 Å². The van der Waals surface area contributed by atoms with Gasteiger partial charge in [-0.1, -0.05) is 6.08 Å². The van der Waals surface area contributed by atoms with Crippen molar-refractivity contribution in [2.24, 2.45) is 0 Å². The van der Waals surface area contributed by atoms with Gasteiger partial charge < -0.3 is 5.11 Å². The van der Waals surface area contributed by atoms with Gasteiger partial charge in [0.2, 0.25) is 0 Å². The Morgan fingerprint density at radius 2 is 2.10 bits per heavy atom. The highest BCUT2D eigenvalue weighted by Crippen LogP contribution is 1.99. The lowest BCUT2D eigenvalue weighted by atomic mass is 10.4. The van der Waals surface area contributed by atoms with Crippen molar-refractivity contribution in [3.8, 4) is 0 Å². The number of carbonyl (C=O) groups is 1. The van der Waals surface area contributed by atoms with E-state index >= 15 is 0 Å². The maximum atomic E-state index is 10.6. The molecule has 0 fully saturated rings. The molecule has 0 aliphatic rings. The monoisotopic (exact) mass is 164 g/mol. The van der Waals surface area contributed by atoms with Gasteiger partial charge in [0.15, 0.2) is 15.1 Å². The molecule has 0 aromatic heterocycles. The van der Waals surface area contributed by atoms with Gasteiger partial charge in [-0.15, -0.1) is 6.58 Å². The highest BCUT2D eigenvalue weighted by Gasteiger charge is 2.24. The molecule has 10 heavy (non-hydrogen) atoms. The van der Waals surface area contributed by atoms with Crippen molar-refractivity contribution >= 4 is 15.8 Å². The zero-order chi connectivity index (χ0) is 8.36. The average molecular weight is 164 g/mol. The third-order valence-corrected chi connectivity index (χ3v) is 2.24. The predicted octanol–water partition coefficient (Wildman–Crippen LogP) is -0.330. The van der Waals surface area contributed by atoms with Crippen LogP contribution in [-0.2, 0) is 14.6 Å². The molecule has 5 heteroatoms. The first kappa shape index (κ1) is 9.16. The van der Waals surface area contributed by atoms with E-state index in [1.54, 1.807) is 0 Å². The number of carboxylic acid groups (broad SMARTS) is 1. The highest BCUT2D eigenvalue weighted by atomic mass is 32.2. The molecule has 1 atom stereocenters. The molecule has 0 aromatic carbocycles. The van der Waals surface area contributed by atoms with E-state index in [0.717, 1.165) is 12.3 Å². The van der Waals surface area contributed by atoms with Gasteiger partial charge in [0.25, 0.3) is 0 Å². The van der Waals surface area contributed by atoms with Crippen molar-refractivity contribution in [3.05, 3.63) is 12.7 Å². The first-order valence-electron chi connectivity index (χ1n) is 2.44. The summed E-state index contributed by atoms with van der Waals surface area (Å²) in [6.45, 7) is 3.09. The van der Waals surface area contributed by atoms with E-state index in [1.165, 1.54) is 0 Å². The molecule has 0 rings (SSSR count). The van der Waals surface area contributed by atoms with Crippen molar-refractivity contribution < 1.29 is 18.3 Å². The van der Waals surface area contributed by atoms with Crippen LogP contribution < -0.4 is 0 Å².